The van der Waals surface area contributed by atoms with Crippen molar-refractivity contribution >= 4 is 29.3 Å². The summed E-state index contributed by atoms with van der Waals surface area (Å²) >= 11 is 1.25. The standard InChI is InChI=1S/C20H23FN2O3S/c1-15-6-5-7-16(12-15)22-19(24)13-27-14-20(25)23(2)10-11-26-18-9-4-3-8-17(18)21/h3-9,12H,10-11,13-14H2,1-2H3,(H,22,24). The molecule has 0 bridgehead atoms. The lowest BCUT2D eigenvalue weighted by Crippen LogP contribution is -2.32. The number of thioether (sulfide) groups is 1. The Kier molecular flexibility index (Phi) is 8.13. The highest BCUT2D eigenvalue weighted by Crippen LogP contribution is 2.15. The minimum atomic E-state index is -0.429. The van der Waals surface area contributed by atoms with Crippen LogP contribution in [0, 0.1) is 12.7 Å². The van der Waals surface area contributed by atoms with Gasteiger partial charge in [0.2, 0.25) is 11.8 Å². The molecular formula is C20H23FN2O3S. The zero-order valence-electron chi connectivity index (χ0n) is 15.4. The van der Waals surface area contributed by atoms with E-state index in [0.717, 1.165) is 11.3 Å². The fourth-order valence-electron chi connectivity index (χ4n) is 2.24. The van der Waals surface area contributed by atoms with Crippen LogP contribution < -0.4 is 10.1 Å². The number of rotatable bonds is 9. The lowest BCUT2D eigenvalue weighted by Gasteiger charge is -2.17. The number of anilines is 1. The molecule has 7 heteroatoms. The Balaban J connectivity index is 1.64. The molecule has 2 rings (SSSR count). The molecule has 2 amide bonds. The number of amides is 2. The highest BCUT2D eigenvalue weighted by molar-refractivity contribution is 8.00. The van der Waals surface area contributed by atoms with Crippen molar-refractivity contribution in [2.24, 2.45) is 0 Å². The van der Waals surface area contributed by atoms with E-state index in [4.69, 9.17) is 4.74 Å². The van der Waals surface area contributed by atoms with Gasteiger partial charge in [0.05, 0.1) is 18.1 Å². The first-order valence-electron chi connectivity index (χ1n) is 8.51. The highest BCUT2D eigenvalue weighted by Gasteiger charge is 2.11. The molecule has 2 aromatic rings. The Morgan fingerprint density at radius 1 is 1.15 bits per heavy atom. The molecule has 5 nitrogen and oxygen atoms in total. The van der Waals surface area contributed by atoms with Gasteiger partial charge in [-0.05, 0) is 36.8 Å². The van der Waals surface area contributed by atoms with Gasteiger partial charge in [-0.2, -0.15) is 0 Å². The summed E-state index contributed by atoms with van der Waals surface area (Å²) in [6, 6.07) is 13.7. The molecule has 0 heterocycles. The Bertz CT molecular complexity index is 785. The largest absolute Gasteiger partial charge is 0.489 e. The van der Waals surface area contributed by atoms with Gasteiger partial charge in [0.25, 0.3) is 0 Å². The molecule has 0 fully saturated rings. The van der Waals surface area contributed by atoms with E-state index >= 15 is 0 Å². The monoisotopic (exact) mass is 390 g/mol. The average molecular weight is 390 g/mol. The number of hydrogen-bond acceptors (Lipinski definition) is 4. The fraction of sp³-hybridized carbons (Fsp3) is 0.300. The second-order valence-corrected chi connectivity index (χ2v) is 6.99. The summed E-state index contributed by atoms with van der Waals surface area (Å²) in [6.07, 6.45) is 0. The van der Waals surface area contributed by atoms with E-state index < -0.39 is 5.82 Å². The van der Waals surface area contributed by atoms with E-state index in [0.29, 0.717) is 6.54 Å². The molecule has 0 aliphatic carbocycles. The van der Waals surface area contributed by atoms with Crippen molar-refractivity contribution in [3.63, 3.8) is 0 Å². The molecule has 144 valence electrons. The molecule has 0 saturated heterocycles. The number of nitrogens with one attached hydrogen (secondary N) is 1. The maximum atomic E-state index is 13.4. The second-order valence-electron chi connectivity index (χ2n) is 6.00. The molecule has 0 saturated carbocycles. The van der Waals surface area contributed by atoms with Crippen LogP contribution in [0.5, 0.6) is 5.75 Å². The van der Waals surface area contributed by atoms with E-state index in [-0.39, 0.29) is 35.7 Å². The van der Waals surface area contributed by atoms with Crippen molar-refractivity contribution in [2.45, 2.75) is 6.92 Å². The maximum absolute atomic E-state index is 13.4. The number of likely N-dealkylation sites (N-methyl/N-ethyl adjacent to an activating group) is 1. The van der Waals surface area contributed by atoms with E-state index in [2.05, 4.69) is 5.32 Å². The number of aryl methyl sites for hydroxylation is 1. The summed E-state index contributed by atoms with van der Waals surface area (Å²) in [4.78, 5) is 25.5. The third-order valence-corrected chi connectivity index (χ3v) is 4.62. The molecule has 1 N–H and O–H groups in total. The third kappa shape index (κ3) is 7.30. The van der Waals surface area contributed by atoms with E-state index in [9.17, 15) is 14.0 Å². The highest BCUT2D eigenvalue weighted by atomic mass is 32.2. The Labute approximate surface area is 162 Å². The first kappa shape index (κ1) is 20.8. The Hall–Kier alpha value is -2.54. The average Bonchev–Trinajstić information content (AvgIpc) is 2.63. The van der Waals surface area contributed by atoms with E-state index in [1.54, 1.807) is 25.2 Å². The van der Waals surface area contributed by atoms with Gasteiger partial charge in [0.1, 0.15) is 6.61 Å². The summed E-state index contributed by atoms with van der Waals surface area (Å²) in [7, 11) is 1.65. The molecule has 0 unspecified atom stereocenters. The predicted molar refractivity (Wildman–Crippen MR) is 107 cm³/mol. The first-order chi connectivity index (χ1) is 13.0. The Morgan fingerprint density at radius 2 is 1.93 bits per heavy atom. The van der Waals surface area contributed by atoms with Crippen molar-refractivity contribution in [3.05, 3.63) is 59.9 Å². The zero-order chi connectivity index (χ0) is 19.6. The molecular weight excluding hydrogens is 367 g/mol. The van der Waals surface area contributed by atoms with Crippen molar-refractivity contribution in [1.29, 1.82) is 0 Å². The third-order valence-electron chi connectivity index (χ3n) is 3.71. The predicted octanol–water partition coefficient (Wildman–Crippen LogP) is 3.34. The molecule has 0 spiro atoms. The van der Waals surface area contributed by atoms with Crippen molar-refractivity contribution in [3.8, 4) is 5.75 Å². The fourth-order valence-corrected chi connectivity index (χ4v) is 2.99. The molecule has 27 heavy (non-hydrogen) atoms. The van der Waals surface area contributed by atoms with Gasteiger partial charge in [-0.1, -0.05) is 24.3 Å². The quantitative estimate of drug-likeness (QED) is 0.713. The normalized spacial score (nSPS) is 10.3. The first-order valence-corrected chi connectivity index (χ1v) is 9.66. The van der Waals surface area contributed by atoms with Crippen molar-refractivity contribution in [2.75, 3.05) is 37.0 Å². The minimum absolute atomic E-state index is 0.111. The number of halogens is 1. The van der Waals surface area contributed by atoms with Crippen LogP contribution >= 0.6 is 11.8 Å². The topological polar surface area (TPSA) is 58.6 Å². The van der Waals surface area contributed by atoms with Crippen LogP contribution in [0.25, 0.3) is 0 Å². The van der Waals surface area contributed by atoms with Gasteiger partial charge in [0, 0.05) is 12.7 Å². The van der Waals surface area contributed by atoms with Gasteiger partial charge in [0.15, 0.2) is 11.6 Å². The van der Waals surface area contributed by atoms with Crippen LogP contribution in [0.1, 0.15) is 5.56 Å². The van der Waals surface area contributed by atoms with Gasteiger partial charge in [-0.3, -0.25) is 9.59 Å². The van der Waals surface area contributed by atoms with Crippen LogP contribution in [0.4, 0.5) is 10.1 Å². The SMILES string of the molecule is Cc1cccc(NC(=O)CSCC(=O)N(C)CCOc2ccccc2F)c1. The van der Waals surface area contributed by atoms with Crippen LogP contribution in [0.15, 0.2) is 48.5 Å². The van der Waals surface area contributed by atoms with Crippen molar-refractivity contribution < 1.29 is 18.7 Å². The molecule has 0 aromatic heterocycles. The summed E-state index contributed by atoms with van der Waals surface area (Å²) < 4.78 is 18.8. The van der Waals surface area contributed by atoms with Gasteiger partial charge >= 0.3 is 0 Å². The summed E-state index contributed by atoms with van der Waals surface area (Å²) in [6.45, 7) is 2.49. The van der Waals surface area contributed by atoms with Gasteiger partial charge < -0.3 is 15.0 Å². The number of carbonyl (C=O) groups is 2. The molecule has 2 aromatic carbocycles. The number of para-hydroxylation sites is 1. The molecule has 0 atom stereocenters. The zero-order valence-corrected chi connectivity index (χ0v) is 16.2. The molecule has 0 radical (unpaired) electrons. The summed E-state index contributed by atoms with van der Waals surface area (Å²) in [5.41, 5.74) is 1.81. The van der Waals surface area contributed by atoms with E-state index in [1.165, 1.54) is 22.7 Å². The minimum Gasteiger partial charge on any atom is -0.489 e. The smallest absolute Gasteiger partial charge is 0.234 e. The number of hydrogen-bond donors (Lipinski definition) is 1. The number of ether oxygens (including phenoxy) is 1. The maximum Gasteiger partial charge on any atom is 0.234 e. The van der Waals surface area contributed by atoms with Crippen LogP contribution in [-0.2, 0) is 9.59 Å². The number of nitrogens with zero attached hydrogens (tertiary/aromatic N) is 1. The molecule has 0 aliphatic rings. The summed E-state index contributed by atoms with van der Waals surface area (Å²) in [5, 5.41) is 2.80. The van der Waals surface area contributed by atoms with Crippen LogP contribution in [-0.4, -0.2) is 48.4 Å². The van der Waals surface area contributed by atoms with Crippen LogP contribution in [0.3, 0.4) is 0 Å². The summed E-state index contributed by atoms with van der Waals surface area (Å²) in [5.74, 6) is -0.136. The Morgan fingerprint density at radius 3 is 2.67 bits per heavy atom. The van der Waals surface area contributed by atoms with Crippen LogP contribution in [0.2, 0.25) is 0 Å². The van der Waals surface area contributed by atoms with Gasteiger partial charge in [-0.15, -0.1) is 11.8 Å². The van der Waals surface area contributed by atoms with E-state index in [1.807, 2.05) is 31.2 Å². The lowest BCUT2D eigenvalue weighted by atomic mass is 10.2. The lowest BCUT2D eigenvalue weighted by molar-refractivity contribution is -0.127. The number of benzene rings is 2. The van der Waals surface area contributed by atoms with Crippen molar-refractivity contribution in [1.82, 2.24) is 4.90 Å². The second kappa shape index (κ2) is 10.6. The van der Waals surface area contributed by atoms with Gasteiger partial charge in [-0.25, -0.2) is 4.39 Å². The number of carbonyl (C=O) groups excluding carboxylic acids is 2. The molecule has 0 aliphatic heterocycles.